The van der Waals surface area contributed by atoms with Crippen molar-refractivity contribution in [3.8, 4) is 0 Å². The first-order chi connectivity index (χ1) is 10.3. The van der Waals surface area contributed by atoms with Crippen LogP contribution in [0.5, 0.6) is 0 Å². The lowest BCUT2D eigenvalue weighted by Crippen LogP contribution is -2.42. The molecule has 1 aliphatic carbocycles. The van der Waals surface area contributed by atoms with Gasteiger partial charge in [-0.05, 0) is 53.6 Å². The molecule has 3 heterocycles. The van der Waals surface area contributed by atoms with Crippen LogP contribution >= 0.6 is 22.7 Å². The number of rotatable bonds is 4. The lowest BCUT2D eigenvalue weighted by molar-refractivity contribution is -0.145. The van der Waals surface area contributed by atoms with E-state index in [1.165, 1.54) is 22.6 Å². The average molecular weight is 319 g/mol. The maximum atomic E-state index is 11.9. The zero-order chi connectivity index (χ0) is 14.4. The highest BCUT2D eigenvalue weighted by Gasteiger charge is 2.44. The summed E-state index contributed by atoms with van der Waals surface area (Å²) in [6, 6.07) is 6.04. The monoisotopic (exact) mass is 319 g/mol. The molecule has 0 spiro atoms. The first-order valence-corrected chi connectivity index (χ1v) is 9.10. The van der Waals surface area contributed by atoms with Gasteiger partial charge in [-0.15, -0.1) is 22.7 Å². The average Bonchev–Trinajstić information content (AvgIpc) is 2.97. The Bertz CT molecular complexity index is 645. The Hall–Kier alpha value is -1.17. The Labute approximate surface area is 131 Å². The van der Waals surface area contributed by atoms with Gasteiger partial charge in [0.25, 0.3) is 0 Å². The van der Waals surface area contributed by atoms with Gasteiger partial charge in [0.1, 0.15) is 6.04 Å². The van der Waals surface area contributed by atoms with E-state index in [9.17, 15) is 9.90 Å². The number of hydrogen-bond donors (Lipinski definition) is 1. The predicted octanol–water partition coefficient (Wildman–Crippen LogP) is 3.94. The number of aliphatic carboxylic acids is 1. The minimum absolute atomic E-state index is 0.277. The summed E-state index contributed by atoms with van der Waals surface area (Å²) in [4.78, 5) is 16.7. The molecule has 5 heteroatoms. The van der Waals surface area contributed by atoms with Crippen LogP contribution in [-0.2, 0) is 11.2 Å². The van der Waals surface area contributed by atoms with E-state index < -0.39 is 12.0 Å². The van der Waals surface area contributed by atoms with E-state index in [2.05, 4.69) is 22.4 Å². The molecule has 1 aliphatic heterocycles. The Kier molecular flexibility index (Phi) is 3.36. The van der Waals surface area contributed by atoms with Crippen LogP contribution in [0.1, 0.15) is 40.2 Å². The predicted molar refractivity (Wildman–Crippen MR) is 84.9 cm³/mol. The molecule has 0 saturated heterocycles. The van der Waals surface area contributed by atoms with Gasteiger partial charge in [-0.3, -0.25) is 9.69 Å². The van der Waals surface area contributed by atoms with Crippen LogP contribution in [0.25, 0.3) is 0 Å². The standard InChI is InChI=1S/C16H17NO2S2/c18-16(19)15-11-6-9-21-12(11)5-7-17(15)14(10-3-4-10)13-2-1-8-20-13/h1-2,6,8-10,14-15H,3-5,7H2,(H,18,19). The number of fused-ring (bicyclic) bond motifs is 1. The van der Waals surface area contributed by atoms with Crippen molar-refractivity contribution in [3.63, 3.8) is 0 Å². The third-order valence-corrected chi connectivity index (χ3v) is 6.44. The first kappa shape index (κ1) is 13.5. The number of carboxylic acids is 1. The molecule has 1 N–H and O–H groups in total. The fourth-order valence-corrected chi connectivity index (χ4v) is 5.29. The molecule has 0 amide bonds. The molecular formula is C16H17NO2S2. The Morgan fingerprint density at radius 1 is 1.29 bits per heavy atom. The molecule has 0 bridgehead atoms. The molecular weight excluding hydrogens is 302 g/mol. The molecule has 2 aromatic heterocycles. The zero-order valence-corrected chi connectivity index (χ0v) is 13.2. The quantitative estimate of drug-likeness (QED) is 0.928. The first-order valence-electron chi connectivity index (χ1n) is 7.34. The summed E-state index contributed by atoms with van der Waals surface area (Å²) in [5, 5.41) is 13.9. The smallest absolute Gasteiger partial charge is 0.325 e. The fraction of sp³-hybridized carbons (Fsp3) is 0.438. The number of carboxylic acid groups (broad SMARTS) is 1. The molecule has 4 rings (SSSR count). The lowest BCUT2D eigenvalue weighted by atomic mass is 9.95. The molecule has 1 fully saturated rings. The van der Waals surface area contributed by atoms with E-state index in [1.54, 1.807) is 22.7 Å². The lowest BCUT2D eigenvalue weighted by Gasteiger charge is -2.39. The van der Waals surface area contributed by atoms with Gasteiger partial charge in [0.2, 0.25) is 0 Å². The molecule has 2 unspecified atom stereocenters. The molecule has 3 nitrogen and oxygen atoms in total. The van der Waals surface area contributed by atoms with Crippen molar-refractivity contribution in [3.05, 3.63) is 44.3 Å². The number of thiophene rings is 2. The molecule has 21 heavy (non-hydrogen) atoms. The molecule has 2 atom stereocenters. The van der Waals surface area contributed by atoms with E-state index in [0.717, 1.165) is 18.5 Å². The number of carbonyl (C=O) groups is 1. The topological polar surface area (TPSA) is 40.5 Å². The third-order valence-electron chi connectivity index (χ3n) is 4.50. The summed E-state index contributed by atoms with van der Waals surface area (Å²) >= 11 is 3.45. The van der Waals surface area contributed by atoms with Crippen LogP contribution in [0.15, 0.2) is 29.0 Å². The second-order valence-electron chi connectivity index (χ2n) is 5.83. The van der Waals surface area contributed by atoms with Crippen LogP contribution in [0.2, 0.25) is 0 Å². The molecule has 2 aromatic rings. The summed E-state index contributed by atoms with van der Waals surface area (Å²) in [5.41, 5.74) is 1.01. The highest BCUT2D eigenvalue weighted by atomic mass is 32.1. The van der Waals surface area contributed by atoms with Gasteiger partial charge in [-0.25, -0.2) is 0 Å². The maximum absolute atomic E-state index is 11.9. The minimum Gasteiger partial charge on any atom is -0.480 e. The van der Waals surface area contributed by atoms with Crippen molar-refractivity contribution < 1.29 is 9.90 Å². The minimum atomic E-state index is -0.712. The SMILES string of the molecule is O=C(O)C1c2ccsc2CCN1C(c1cccs1)C1CC1. The molecule has 2 aliphatic rings. The molecule has 0 aromatic carbocycles. The molecule has 0 radical (unpaired) electrons. The Balaban J connectivity index is 1.74. The normalized spacial score (nSPS) is 23.7. The van der Waals surface area contributed by atoms with E-state index in [1.807, 2.05) is 11.4 Å². The van der Waals surface area contributed by atoms with Crippen molar-refractivity contribution >= 4 is 28.6 Å². The summed E-state index contributed by atoms with van der Waals surface area (Å²) in [6.45, 7) is 0.851. The van der Waals surface area contributed by atoms with Gasteiger partial charge in [0, 0.05) is 22.3 Å². The van der Waals surface area contributed by atoms with Gasteiger partial charge in [0.05, 0.1) is 0 Å². The maximum Gasteiger partial charge on any atom is 0.325 e. The summed E-state index contributed by atoms with van der Waals surface area (Å²) in [7, 11) is 0. The van der Waals surface area contributed by atoms with Crippen LogP contribution < -0.4 is 0 Å². The van der Waals surface area contributed by atoms with Crippen LogP contribution in [-0.4, -0.2) is 22.5 Å². The summed E-state index contributed by atoms with van der Waals surface area (Å²) < 4.78 is 0. The van der Waals surface area contributed by atoms with Crippen molar-refractivity contribution in [1.29, 1.82) is 0 Å². The number of hydrogen-bond acceptors (Lipinski definition) is 4. The highest BCUT2D eigenvalue weighted by molar-refractivity contribution is 7.10. The highest BCUT2D eigenvalue weighted by Crippen LogP contribution is 2.50. The number of nitrogens with zero attached hydrogens (tertiary/aromatic N) is 1. The molecule has 1 saturated carbocycles. The van der Waals surface area contributed by atoms with Crippen LogP contribution in [0, 0.1) is 5.92 Å². The van der Waals surface area contributed by atoms with Crippen LogP contribution in [0.3, 0.4) is 0 Å². The second kappa shape index (κ2) is 5.23. The van der Waals surface area contributed by atoms with Crippen molar-refractivity contribution in [2.45, 2.75) is 31.3 Å². The van der Waals surface area contributed by atoms with Gasteiger partial charge in [-0.1, -0.05) is 6.07 Å². The summed E-state index contributed by atoms with van der Waals surface area (Å²) in [6.07, 6.45) is 3.43. The van der Waals surface area contributed by atoms with E-state index in [4.69, 9.17) is 0 Å². The van der Waals surface area contributed by atoms with Crippen molar-refractivity contribution in [1.82, 2.24) is 4.90 Å². The second-order valence-corrected chi connectivity index (χ2v) is 7.81. The van der Waals surface area contributed by atoms with Crippen molar-refractivity contribution in [2.75, 3.05) is 6.54 Å². The van der Waals surface area contributed by atoms with Gasteiger partial charge >= 0.3 is 5.97 Å². The van der Waals surface area contributed by atoms with Gasteiger partial charge < -0.3 is 5.11 Å². The van der Waals surface area contributed by atoms with Crippen LogP contribution in [0.4, 0.5) is 0 Å². The Morgan fingerprint density at radius 3 is 2.81 bits per heavy atom. The van der Waals surface area contributed by atoms with E-state index in [-0.39, 0.29) is 6.04 Å². The van der Waals surface area contributed by atoms with E-state index >= 15 is 0 Å². The third kappa shape index (κ3) is 2.33. The van der Waals surface area contributed by atoms with Gasteiger partial charge in [0.15, 0.2) is 0 Å². The van der Waals surface area contributed by atoms with Crippen molar-refractivity contribution in [2.24, 2.45) is 5.92 Å². The largest absolute Gasteiger partial charge is 0.480 e. The molecule has 110 valence electrons. The Morgan fingerprint density at radius 2 is 2.14 bits per heavy atom. The van der Waals surface area contributed by atoms with E-state index in [0.29, 0.717) is 5.92 Å². The fourth-order valence-electron chi connectivity index (χ4n) is 3.45. The van der Waals surface area contributed by atoms with Gasteiger partial charge in [-0.2, -0.15) is 0 Å². The summed E-state index contributed by atoms with van der Waals surface area (Å²) in [5.74, 6) is -0.0813. The zero-order valence-electron chi connectivity index (χ0n) is 11.6.